The van der Waals surface area contributed by atoms with E-state index >= 15 is 0 Å². The SMILES string of the molecule is CNC(=O)CNC(=O)COC(=O)COc1ccc(Cl)cc1Cl. The van der Waals surface area contributed by atoms with Gasteiger partial charge in [-0.1, -0.05) is 23.2 Å². The molecular weight excluding hydrogens is 335 g/mol. The molecule has 7 nitrogen and oxygen atoms in total. The molecule has 0 bridgehead atoms. The van der Waals surface area contributed by atoms with Crippen LogP contribution in [-0.4, -0.2) is 44.6 Å². The lowest BCUT2D eigenvalue weighted by Gasteiger charge is -2.08. The molecule has 2 amide bonds. The molecule has 0 spiro atoms. The van der Waals surface area contributed by atoms with Crippen molar-refractivity contribution in [2.75, 3.05) is 26.8 Å². The smallest absolute Gasteiger partial charge is 0.344 e. The molecule has 1 aromatic carbocycles. The fourth-order valence-electron chi connectivity index (χ4n) is 1.23. The molecule has 0 saturated carbocycles. The van der Waals surface area contributed by atoms with Gasteiger partial charge in [0.1, 0.15) is 5.75 Å². The van der Waals surface area contributed by atoms with Gasteiger partial charge >= 0.3 is 5.97 Å². The van der Waals surface area contributed by atoms with Gasteiger partial charge in [-0.25, -0.2) is 4.79 Å². The maximum Gasteiger partial charge on any atom is 0.344 e. The van der Waals surface area contributed by atoms with Gasteiger partial charge < -0.3 is 20.1 Å². The van der Waals surface area contributed by atoms with E-state index in [1.54, 1.807) is 6.07 Å². The molecule has 120 valence electrons. The summed E-state index contributed by atoms with van der Waals surface area (Å²) in [6.45, 7) is -1.11. The van der Waals surface area contributed by atoms with Gasteiger partial charge in [-0.05, 0) is 18.2 Å². The number of ether oxygens (including phenoxy) is 2. The van der Waals surface area contributed by atoms with E-state index in [0.717, 1.165) is 0 Å². The number of hydrogen-bond acceptors (Lipinski definition) is 5. The Morgan fingerprint density at radius 3 is 2.50 bits per heavy atom. The van der Waals surface area contributed by atoms with Gasteiger partial charge in [0, 0.05) is 12.1 Å². The highest BCUT2D eigenvalue weighted by atomic mass is 35.5. The van der Waals surface area contributed by atoms with E-state index in [1.807, 2.05) is 0 Å². The van der Waals surface area contributed by atoms with Gasteiger partial charge in [0.2, 0.25) is 5.91 Å². The van der Waals surface area contributed by atoms with Crippen LogP contribution in [0.4, 0.5) is 0 Å². The Morgan fingerprint density at radius 2 is 1.86 bits per heavy atom. The Bertz CT molecular complexity index is 565. The number of halogens is 2. The molecule has 0 fully saturated rings. The average Bonchev–Trinajstić information content (AvgIpc) is 2.49. The first-order valence-corrected chi connectivity index (χ1v) is 6.88. The van der Waals surface area contributed by atoms with Crippen molar-refractivity contribution in [1.29, 1.82) is 0 Å². The Labute approximate surface area is 136 Å². The minimum atomic E-state index is -0.749. The highest BCUT2D eigenvalue weighted by Gasteiger charge is 2.10. The van der Waals surface area contributed by atoms with E-state index in [0.29, 0.717) is 5.02 Å². The summed E-state index contributed by atoms with van der Waals surface area (Å²) in [7, 11) is 1.44. The lowest BCUT2D eigenvalue weighted by molar-refractivity contribution is -0.150. The molecule has 0 aliphatic carbocycles. The van der Waals surface area contributed by atoms with E-state index in [1.165, 1.54) is 19.2 Å². The van der Waals surface area contributed by atoms with Gasteiger partial charge in [0.15, 0.2) is 13.2 Å². The molecule has 22 heavy (non-hydrogen) atoms. The van der Waals surface area contributed by atoms with Crippen LogP contribution in [0.3, 0.4) is 0 Å². The van der Waals surface area contributed by atoms with Crippen molar-refractivity contribution in [3.63, 3.8) is 0 Å². The Kier molecular flexibility index (Phi) is 7.48. The molecule has 0 unspecified atom stereocenters. The van der Waals surface area contributed by atoms with Crippen molar-refractivity contribution in [2.24, 2.45) is 0 Å². The molecule has 0 saturated heterocycles. The van der Waals surface area contributed by atoms with E-state index in [-0.39, 0.29) is 23.2 Å². The molecule has 1 aromatic rings. The molecular formula is C13H14Cl2N2O5. The zero-order valence-electron chi connectivity index (χ0n) is 11.7. The van der Waals surface area contributed by atoms with Crippen LogP contribution >= 0.6 is 23.2 Å². The van der Waals surface area contributed by atoms with E-state index in [2.05, 4.69) is 15.4 Å². The normalized spacial score (nSPS) is 9.77. The van der Waals surface area contributed by atoms with Crippen molar-refractivity contribution in [3.05, 3.63) is 28.2 Å². The largest absolute Gasteiger partial charge is 0.480 e. The summed E-state index contributed by atoms with van der Waals surface area (Å²) < 4.78 is 9.82. The second-order valence-electron chi connectivity index (χ2n) is 3.97. The average molecular weight is 349 g/mol. The fraction of sp³-hybridized carbons (Fsp3) is 0.308. The number of hydrogen-bond donors (Lipinski definition) is 2. The number of nitrogens with one attached hydrogen (secondary N) is 2. The minimum absolute atomic E-state index is 0.191. The van der Waals surface area contributed by atoms with Crippen LogP contribution in [0.15, 0.2) is 18.2 Å². The fourth-order valence-corrected chi connectivity index (χ4v) is 1.70. The van der Waals surface area contributed by atoms with Gasteiger partial charge in [-0.3, -0.25) is 9.59 Å². The summed E-state index contributed by atoms with van der Waals surface area (Å²) in [4.78, 5) is 33.6. The summed E-state index contributed by atoms with van der Waals surface area (Å²) in [6, 6.07) is 4.53. The number of rotatable bonds is 7. The number of benzene rings is 1. The van der Waals surface area contributed by atoms with E-state index in [4.69, 9.17) is 27.9 Å². The highest BCUT2D eigenvalue weighted by molar-refractivity contribution is 6.35. The second kappa shape index (κ2) is 9.11. The number of amides is 2. The summed E-state index contributed by atoms with van der Waals surface area (Å²) in [5.41, 5.74) is 0. The topological polar surface area (TPSA) is 93.7 Å². The Morgan fingerprint density at radius 1 is 1.14 bits per heavy atom. The third-order valence-corrected chi connectivity index (χ3v) is 2.86. The Balaban J connectivity index is 2.28. The molecule has 0 aliphatic rings. The molecule has 0 atom stereocenters. The van der Waals surface area contributed by atoms with Crippen LogP contribution in [0.5, 0.6) is 5.75 Å². The van der Waals surface area contributed by atoms with E-state index in [9.17, 15) is 14.4 Å². The quantitative estimate of drug-likeness (QED) is 0.710. The lowest BCUT2D eigenvalue weighted by atomic mass is 10.3. The van der Waals surface area contributed by atoms with Crippen LogP contribution in [-0.2, 0) is 19.1 Å². The number of esters is 1. The first kappa shape index (κ1) is 18.1. The maximum absolute atomic E-state index is 11.4. The lowest BCUT2D eigenvalue weighted by Crippen LogP contribution is -2.37. The maximum atomic E-state index is 11.4. The summed E-state index contributed by atoms with van der Waals surface area (Å²) in [5, 5.41) is 5.29. The molecule has 0 heterocycles. The molecule has 0 radical (unpaired) electrons. The first-order valence-electron chi connectivity index (χ1n) is 6.13. The molecule has 0 aliphatic heterocycles. The van der Waals surface area contributed by atoms with Gasteiger partial charge in [-0.15, -0.1) is 0 Å². The summed E-state index contributed by atoms with van der Waals surface area (Å²) >= 11 is 11.6. The summed E-state index contributed by atoms with van der Waals surface area (Å²) in [5.74, 6) is -1.44. The van der Waals surface area contributed by atoms with Crippen LogP contribution in [0.1, 0.15) is 0 Å². The van der Waals surface area contributed by atoms with Gasteiger partial charge in [0.05, 0.1) is 11.6 Å². The van der Waals surface area contributed by atoms with Crippen molar-refractivity contribution in [2.45, 2.75) is 0 Å². The van der Waals surface area contributed by atoms with Crippen LogP contribution in [0.25, 0.3) is 0 Å². The third kappa shape index (κ3) is 6.64. The molecule has 2 N–H and O–H groups in total. The summed E-state index contributed by atoms with van der Waals surface area (Å²) in [6.07, 6.45) is 0. The zero-order valence-corrected chi connectivity index (χ0v) is 13.2. The van der Waals surface area contributed by atoms with Crippen molar-refractivity contribution >= 4 is 41.0 Å². The predicted octanol–water partition coefficient (Wildman–Crippen LogP) is 0.778. The van der Waals surface area contributed by atoms with Crippen molar-refractivity contribution in [1.82, 2.24) is 10.6 Å². The van der Waals surface area contributed by atoms with Crippen LogP contribution in [0, 0.1) is 0 Å². The van der Waals surface area contributed by atoms with Gasteiger partial charge in [0.25, 0.3) is 5.91 Å². The zero-order chi connectivity index (χ0) is 16.5. The number of carbonyl (C=O) groups excluding carboxylic acids is 3. The van der Waals surface area contributed by atoms with Crippen LogP contribution < -0.4 is 15.4 Å². The second-order valence-corrected chi connectivity index (χ2v) is 4.82. The monoisotopic (exact) mass is 348 g/mol. The predicted molar refractivity (Wildman–Crippen MR) is 80.0 cm³/mol. The standard InChI is InChI=1S/C13H14Cl2N2O5/c1-16-11(18)5-17-12(19)6-22-13(20)7-21-10-3-2-8(14)4-9(10)15/h2-4H,5-7H2,1H3,(H,16,18)(H,17,19). The third-order valence-electron chi connectivity index (χ3n) is 2.33. The minimum Gasteiger partial charge on any atom is -0.480 e. The van der Waals surface area contributed by atoms with Crippen LogP contribution in [0.2, 0.25) is 10.0 Å². The molecule has 0 aromatic heterocycles. The number of likely N-dealkylation sites (N-methyl/N-ethyl adjacent to an activating group) is 1. The van der Waals surface area contributed by atoms with Gasteiger partial charge in [-0.2, -0.15) is 0 Å². The van der Waals surface area contributed by atoms with Crippen molar-refractivity contribution < 1.29 is 23.9 Å². The number of carbonyl (C=O) groups is 3. The van der Waals surface area contributed by atoms with E-state index < -0.39 is 25.1 Å². The highest BCUT2D eigenvalue weighted by Crippen LogP contribution is 2.27. The Hall–Kier alpha value is -1.99. The first-order chi connectivity index (χ1) is 10.4. The van der Waals surface area contributed by atoms with Crippen molar-refractivity contribution in [3.8, 4) is 5.75 Å². The molecule has 1 rings (SSSR count). The molecule has 9 heteroatoms.